The highest BCUT2D eigenvalue weighted by atomic mass is 35.5. The fraction of sp³-hybridized carbons (Fsp3) is 0.600. The summed E-state index contributed by atoms with van der Waals surface area (Å²) in [5, 5.41) is 0. The fourth-order valence-corrected chi connectivity index (χ4v) is 0.351. The minimum atomic E-state index is -0.799. The molecule has 1 unspecified atom stereocenters. The largest absolute Gasteiger partial charge is 0.468 e. The van der Waals surface area contributed by atoms with E-state index in [0.717, 1.165) is 0 Å². The average molecular weight is 168 g/mol. The molecular formula is C5H10ClNO3. The Labute approximate surface area is 65.1 Å². The first-order valence-electron chi connectivity index (χ1n) is 2.49. The third-order valence-corrected chi connectivity index (χ3v) is 0.854. The molecule has 0 saturated carbocycles. The molecule has 2 N–H and O–H groups in total. The zero-order valence-corrected chi connectivity index (χ0v) is 6.39. The third-order valence-electron chi connectivity index (χ3n) is 0.854. The van der Waals surface area contributed by atoms with Crippen LogP contribution in [-0.2, 0) is 14.3 Å². The summed E-state index contributed by atoms with van der Waals surface area (Å²) < 4.78 is 4.24. The van der Waals surface area contributed by atoms with Gasteiger partial charge in [0.15, 0.2) is 0 Å². The maximum absolute atomic E-state index is 10.4. The number of aldehydes is 1. The first kappa shape index (κ1) is 12.1. The molecule has 60 valence electrons. The molecule has 0 spiro atoms. The highest BCUT2D eigenvalue weighted by Crippen LogP contribution is 1.85. The van der Waals surface area contributed by atoms with Crippen LogP contribution in [0, 0.1) is 0 Å². The Morgan fingerprint density at radius 1 is 1.80 bits per heavy atom. The Balaban J connectivity index is 0. The molecule has 0 aliphatic carbocycles. The summed E-state index contributed by atoms with van der Waals surface area (Å²) in [6.45, 7) is 0. The van der Waals surface area contributed by atoms with E-state index in [1.807, 2.05) is 0 Å². The number of carbonyl (C=O) groups excluding carboxylic acids is 2. The van der Waals surface area contributed by atoms with Crippen LogP contribution in [0.3, 0.4) is 0 Å². The molecule has 0 amide bonds. The van der Waals surface area contributed by atoms with Crippen molar-refractivity contribution in [1.29, 1.82) is 0 Å². The van der Waals surface area contributed by atoms with Gasteiger partial charge < -0.3 is 15.3 Å². The van der Waals surface area contributed by atoms with E-state index < -0.39 is 12.0 Å². The molecule has 0 aliphatic heterocycles. The SMILES string of the molecule is COC(=O)C(N)CC=O.Cl. The van der Waals surface area contributed by atoms with Gasteiger partial charge in [0.05, 0.1) is 7.11 Å². The lowest BCUT2D eigenvalue weighted by Gasteiger charge is -2.02. The third kappa shape index (κ3) is 4.29. The van der Waals surface area contributed by atoms with Crippen molar-refractivity contribution in [3.05, 3.63) is 0 Å². The van der Waals surface area contributed by atoms with Gasteiger partial charge in [-0.3, -0.25) is 4.79 Å². The summed E-state index contributed by atoms with van der Waals surface area (Å²) in [5.41, 5.74) is 5.13. The second kappa shape index (κ2) is 6.51. The smallest absolute Gasteiger partial charge is 0.323 e. The Morgan fingerprint density at radius 3 is 2.60 bits per heavy atom. The van der Waals surface area contributed by atoms with Gasteiger partial charge in [0.1, 0.15) is 12.3 Å². The van der Waals surface area contributed by atoms with Gasteiger partial charge in [-0.15, -0.1) is 12.4 Å². The lowest BCUT2D eigenvalue weighted by molar-refractivity contribution is -0.142. The van der Waals surface area contributed by atoms with E-state index in [0.29, 0.717) is 6.29 Å². The first-order chi connectivity index (χ1) is 4.22. The van der Waals surface area contributed by atoms with Crippen molar-refractivity contribution < 1.29 is 14.3 Å². The van der Waals surface area contributed by atoms with Gasteiger partial charge in [-0.05, 0) is 0 Å². The predicted octanol–water partition coefficient (Wildman–Crippen LogP) is -0.502. The van der Waals surface area contributed by atoms with Gasteiger partial charge in [0.2, 0.25) is 0 Å². The van der Waals surface area contributed by atoms with E-state index in [-0.39, 0.29) is 18.8 Å². The number of ether oxygens (including phenoxy) is 1. The van der Waals surface area contributed by atoms with Gasteiger partial charge in [0.25, 0.3) is 0 Å². The Morgan fingerprint density at radius 2 is 2.30 bits per heavy atom. The number of nitrogens with two attached hydrogens (primary N) is 1. The molecule has 5 heteroatoms. The molecule has 0 aliphatic rings. The van der Waals surface area contributed by atoms with E-state index >= 15 is 0 Å². The molecule has 0 radical (unpaired) electrons. The summed E-state index contributed by atoms with van der Waals surface area (Å²) in [6.07, 6.45) is 0.605. The summed E-state index contributed by atoms with van der Waals surface area (Å²) in [7, 11) is 1.23. The van der Waals surface area contributed by atoms with Crippen LogP contribution in [0.2, 0.25) is 0 Å². The molecule has 0 aromatic carbocycles. The van der Waals surface area contributed by atoms with Crippen molar-refractivity contribution in [2.45, 2.75) is 12.5 Å². The van der Waals surface area contributed by atoms with E-state index in [9.17, 15) is 9.59 Å². The number of hydrogen-bond acceptors (Lipinski definition) is 4. The summed E-state index contributed by atoms with van der Waals surface area (Å²) in [6, 6.07) is -0.799. The van der Waals surface area contributed by atoms with Crippen molar-refractivity contribution >= 4 is 24.7 Å². The quantitative estimate of drug-likeness (QED) is 0.455. The molecule has 0 aromatic rings. The van der Waals surface area contributed by atoms with E-state index in [1.165, 1.54) is 7.11 Å². The number of esters is 1. The van der Waals surface area contributed by atoms with Crippen molar-refractivity contribution in [2.24, 2.45) is 5.73 Å². The summed E-state index contributed by atoms with van der Waals surface area (Å²) in [5.74, 6) is -0.554. The second-order valence-electron chi connectivity index (χ2n) is 1.53. The Hall–Kier alpha value is -0.610. The van der Waals surface area contributed by atoms with Gasteiger partial charge in [-0.25, -0.2) is 0 Å². The lowest BCUT2D eigenvalue weighted by Crippen LogP contribution is -2.31. The predicted molar refractivity (Wildman–Crippen MR) is 37.9 cm³/mol. The van der Waals surface area contributed by atoms with Crippen LogP contribution in [0.25, 0.3) is 0 Å². The normalized spacial score (nSPS) is 11.0. The maximum Gasteiger partial charge on any atom is 0.323 e. The van der Waals surface area contributed by atoms with Crippen LogP contribution >= 0.6 is 12.4 Å². The summed E-state index contributed by atoms with van der Waals surface area (Å²) >= 11 is 0. The molecule has 0 rings (SSSR count). The first-order valence-corrected chi connectivity index (χ1v) is 2.49. The van der Waals surface area contributed by atoms with Crippen LogP contribution in [0.5, 0.6) is 0 Å². The Bertz CT molecular complexity index is 117. The highest BCUT2D eigenvalue weighted by Gasteiger charge is 2.11. The van der Waals surface area contributed by atoms with Crippen LogP contribution < -0.4 is 5.73 Å². The molecule has 0 bridgehead atoms. The Kier molecular flexibility index (Phi) is 7.88. The minimum Gasteiger partial charge on any atom is -0.468 e. The highest BCUT2D eigenvalue weighted by molar-refractivity contribution is 5.85. The van der Waals surface area contributed by atoms with E-state index in [2.05, 4.69) is 4.74 Å². The zero-order chi connectivity index (χ0) is 7.28. The van der Waals surface area contributed by atoms with Crippen LogP contribution in [0.4, 0.5) is 0 Å². The fourth-order valence-electron chi connectivity index (χ4n) is 0.351. The molecule has 0 fully saturated rings. The van der Waals surface area contributed by atoms with E-state index in [1.54, 1.807) is 0 Å². The molecule has 10 heavy (non-hydrogen) atoms. The van der Waals surface area contributed by atoms with Gasteiger partial charge in [0, 0.05) is 6.42 Å². The van der Waals surface area contributed by atoms with E-state index in [4.69, 9.17) is 5.73 Å². The average Bonchev–Trinajstić information content (AvgIpc) is 1.87. The number of hydrogen-bond donors (Lipinski definition) is 1. The molecule has 0 heterocycles. The monoisotopic (exact) mass is 167 g/mol. The number of halogens is 1. The van der Waals surface area contributed by atoms with Crippen molar-refractivity contribution in [2.75, 3.05) is 7.11 Å². The zero-order valence-electron chi connectivity index (χ0n) is 5.57. The number of rotatable bonds is 3. The minimum absolute atomic E-state index is 0. The van der Waals surface area contributed by atoms with Gasteiger partial charge in [-0.1, -0.05) is 0 Å². The maximum atomic E-state index is 10.4. The molecule has 1 atom stereocenters. The molecular weight excluding hydrogens is 158 g/mol. The number of methoxy groups -OCH3 is 1. The van der Waals surface area contributed by atoms with Crippen LogP contribution in [0.1, 0.15) is 6.42 Å². The topological polar surface area (TPSA) is 69.4 Å². The second-order valence-corrected chi connectivity index (χ2v) is 1.53. The summed E-state index contributed by atoms with van der Waals surface area (Å²) in [4.78, 5) is 20.1. The molecule has 4 nitrogen and oxygen atoms in total. The van der Waals surface area contributed by atoms with Crippen LogP contribution in [-0.4, -0.2) is 25.4 Å². The molecule has 0 aromatic heterocycles. The van der Waals surface area contributed by atoms with Crippen LogP contribution in [0.15, 0.2) is 0 Å². The van der Waals surface area contributed by atoms with Gasteiger partial charge in [-0.2, -0.15) is 0 Å². The van der Waals surface area contributed by atoms with Gasteiger partial charge >= 0.3 is 5.97 Å². The molecule has 0 saturated heterocycles. The van der Waals surface area contributed by atoms with Crippen molar-refractivity contribution in [3.63, 3.8) is 0 Å². The van der Waals surface area contributed by atoms with Crippen molar-refractivity contribution in [3.8, 4) is 0 Å². The number of carbonyl (C=O) groups is 2. The van der Waals surface area contributed by atoms with Crippen molar-refractivity contribution in [1.82, 2.24) is 0 Å². The lowest BCUT2D eigenvalue weighted by atomic mass is 10.2. The standard InChI is InChI=1S/C5H9NO3.ClH/c1-9-5(8)4(6)2-3-7;/h3-4H,2,6H2,1H3;1H.